The second kappa shape index (κ2) is 12.0. The summed E-state index contributed by atoms with van der Waals surface area (Å²) >= 11 is 0. The number of amides is 1. The van der Waals surface area contributed by atoms with Crippen molar-refractivity contribution in [1.29, 1.82) is 5.26 Å². The fourth-order valence-corrected chi connectivity index (χ4v) is 4.70. The van der Waals surface area contributed by atoms with Gasteiger partial charge in [-0.1, -0.05) is 72.8 Å². The number of aromatic nitrogens is 1. The first-order chi connectivity index (χ1) is 19.6. The van der Waals surface area contributed by atoms with Gasteiger partial charge in [0.25, 0.3) is 5.91 Å². The number of carbonyl (C=O) groups is 1. The van der Waals surface area contributed by atoms with Crippen molar-refractivity contribution in [3.05, 3.63) is 132 Å². The second-order valence-electron chi connectivity index (χ2n) is 9.32. The standard InChI is InChI=1S/C35H29N3O2/c1-3-40-32-19-17-31(18-20-32)38-33(26-12-6-4-7-13-26)23-28(34(38)27-14-8-5-9-15-27)22-29(24-36)35(39)37-30-16-10-11-25(2)21-30/h4-23H,3H2,1-2H3,(H,37,39)/b29-22+. The molecule has 40 heavy (non-hydrogen) atoms. The molecule has 196 valence electrons. The van der Waals surface area contributed by atoms with E-state index in [0.29, 0.717) is 12.3 Å². The number of ether oxygens (including phenoxy) is 1. The molecule has 0 atom stereocenters. The molecule has 0 unspecified atom stereocenters. The minimum absolute atomic E-state index is 0.0159. The third kappa shape index (κ3) is 5.72. The summed E-state index contributed by atoms with van der Waals surface area (Å²) in [5.41, 5.74) is 7.15. The van der Waals surface area contributed by atoms with Gasteiger partial charge in [0.2, 0.25) is 0 Å². The quantitative estimate of drug-likeness (QED) is 0.165. The first kappa shape index (κ1) is 26.3. The average molecular weight is 524 g/mol. The predicted octanol–water partition coefficient (Wildman–Crippen LogP) is 8.06. The van der Waals surface area contributed by atoms with Crippen LogP contribution in [0.1, 0.15) is 18.1 Å². The molecule has 1 heterocycles. The van der Waals surface area contributed by atoms with Crippen LogP contribution in [0.4, 0.5) is 5.69 Å². The highest BCUT2D eigenvalue weighted by Gasteiger charge is 2.20. The summed E-state index contributed by atoms with van der Waals surface area (Å²) in [5, 5.41) is 12.9. The Morgan fingerprint density at radius 3 is 2.17 bits per heavy atom. The van der Waals surface area contributed by atoms with Crippen LogP contribution in [0, 0.1) is 18.3 Å². The fraction of sp³-hybridized carbons (Fsp3) is 0.0857. The summed E-state index contributed by atoms with van der Waals surface area (Å²) < 4.78 is 7.85. The van der Waals surface area contributed by atoms with Crippen LogP contribution in [0.25, 0.3) is 34.3 Å². The molecule has 1 amide bonds. The highest BCUT2D eigenvalue weighted by Crippen LogP contribution is 2.37. The number of nitrogens with zero attached hydrogens (tertiary/aromatic N) is 2. The summed E-state index contributed by atoms with van der Waals surface area (Å²) in [4.78, 5) is 13.2. The molecule has 0 fully saturated rings. The lowest BCUT2D eigenvalue weighted by Crippen LogP contribution is -2.13. The molecule has 0 aliphatic carbocycles. The summed E-state index contributed by atoms with van der Waals surface area (Å²) in [5.74, 6) is 0.336. The molecule has 0 bridgehead atoms. The van der Waals surface area contributed by atoms with Gasteiger partial charge in [-0.15, -0.1) is 0 Å². The Hall–Kier alpha value is -5.34. The maximum Gasteiger partial charge on any atom is 0.266 e. The zero-order valence-corrected chi connectivity index (χ0v) is 22.5. The van der Waals surface area contributed by atoms with Crippen molar-refractivity contribution in [1.82, 2.24) is 4.57 Å². The van der Waals surface area contributed by atoms with Gasteiger partial charge < -0.3 is 14.6 Å². The van der Waals surface area contributed by atoms with Gasteiger partial charge in [0.05, 0.1) is 18.0 Å². The smallest absolute Gasteiger partial charge is 0.266 e. The Morgan fingerprint density at radius 1 is 0.875 bits per heavy atom. The molecule has 0 aliphatic heterocycles. The number of hydrogen-bond donors (Lipinski definition) is 1. The van der Waals surface area contributed by atoms with Crippen LogP contribution < -0.4 is 10.1 Å². The van der Waals surface area contributed by atoms with E-state index < -0.39 is 5.91 Å². The Morgan fingerprint density at radius 2 is 1.55 bits per heavy atom. The Balaban J connectivity index is 1.70. The maximum atomic E-state index is 13.2. The van der Waals surface area contributed by atoms with Gasteiger partial charge in [0, 0.05) is 16.9 Å². The van der Waals surface area contributed by atoms with E-state index in [0.717, 1.165) is 45.1 Å². The summed E-state index contributed by atoms with van der Waals surface area (Å²) in [7, 11) is 0. The number of anilines is 1. The van der Waals surface area contributed by atoms with Gasteiger partial charge >= 0.3 is 0 Å². The van der Waals surface area contributed by atoms with Gasteiger partial charge in [0.1, 0.15) is 17.4 Å². The molecule has 5 rings (SSSR count). The van der Waals surface area contributed by atoms with Crippen molar-refractivity contribution in [3.8, 4) is 40.0 Å². The van der Waals surface area contributed by atoms with E-state index in [1.54, 1.807) is 6.08 Å². The van der Waals surface area contributed by atoms with Crippen molar-refractivity contribution in [2.75, 3.05) is 11.9 Å². The zero-order valence-electron chi connectivity index (χ0n) is 22.5. The SMILES string of the molecule is CCOc1ccc(-n2c(-c3ccccc3)cc(/C=C(\C#N)C(=O)Nc3cccc(C)c3)c2-c2ccccc2)cc1. The highest BCUT2D eigenvalue weighted by atomic mass is 16.5. The van der Waals surface area contributed by atoms with Crippen LogP contribution in [-0.2, 0) is 4.79 Å². The summed E-state index contributed by atoms with van der Waals surface area (Å²) in [6, 6.07) is 39.7. The van der Waals surface area contributed by atoms with Crippen LogP contribution in [0.2, 0.25) is 0 Å². The van der Waals surface area contributed by atoms with Gasteiger partial charge in [-0.05, 0) is 79.1 Å². The minimum Gasteiger partial charge on any atom is -0.494 e. The molecule has 5 heteroatoms. The molecule has 0 saturated heterocycles. The molecule has 5 aromatic rings. The molecule has 4 aromatic carbocycles. The highest BCUT2D eigenvalue weighted by molar-refractivity contribution is 6.10. The first-order valence-corrected chi connectivity index (χ1v) is 13.2. The topological polar surface area (TPSA) is 67.0 Å². The van der Waals surface area contributed by atoms with Crippen LogP contribution >= 0.6 is 0 Å². The maximum absolute atomic E-state index is 13.2. The molecular formula is C35H29N3O2. The van der Waals surface area contributed by atoms with Crippen LogP contribution in [0.3, 0.4) is 0 Å². The second-order valence-corrected chi connectivity index (χ2v) is 9.32. The summed E-state index contributed by atoms with van der Waals surface area (Å²) in [6.07, 6.45) is 1.67. The third-order valence-corrected chi connectivity index (χ3v) is 6.49. The van der Waals surface area contributed by atoms with Crippen molar-refractivity contribution in [2.24, 2.45) is 0 Å². The van der Waals surface area contributed by atoms with Crippen LogP contribution in [0.15, 0.2) is 121 Å². The van der Waals surface area contributed by atoms with Crippen molar-refractivity contribution in [2.45, 2.75) is 13.8 Å². The summed E-state index contributed by atoms with van der Waals surface area (Å²) in [6.45, 7) is 4.50. The van der Waals surface area contributed by atoms with Gasteiger partial charge in [0.15, 0.2) is 0 Å². The monoisotopic (exact) mass is 523 g/mol. The molecule has 0 spiro atoms. The Labute approximate surface area is 234 Å². The largest absolute Gasteiger partial charge is 0.494 e. The van der Waals surface area contributed by atoms with E-state index in [2.05, 4.69) is 28.1 Å². The zero-order chi connectivity index (χ0) is 27.9. The molecule has 0 radical (unpaired) electrons. The number of aryl methyl sites for hydroxylation is 1. The van der Waals surface area contributed by atoms with Gasteiger partial charge in [-0.3, -0.25) is 4.79 Å². The number of benzene rings is 4. The Bertz CT molecular complexity index is 1690. The molecular weight excluding hydrogens is 494 g/mol. The van der Waals surface area contributed by atoms with E-state index in [1.165, 1.54) is 0 Å². The molecule has 5 nitrogen and oxygen atoms in total. The number of carbonyl (C=O) groups excluding carboxylic acids is 1. The molecule has 0 aliphatic rings. The Kier molecular flexibility index (Phi) is 7.89. The minimum atomic E-state index is -0.456. The van der Waals surface area contributed by atoms with Gasteiger partial charge in [-0.25, -0.2) is 0 Å². The van der Waals surface area contributed by atoms with E-state index in [-0.39, 0.29) is 5.57 Å². The lowest BCUT2D eigenvalue weighted by molar-refractivity contribution is -0.112. The van der Waals surface area contributed by atoms with E-state index in [1.807, 2.05) is 117 Å². The van der Waals surface area contributed by atoms with Crippen molar-refractivity contribution < 1.29 is 9.53 Å². The van der Waals surface area contributed by atoms with E-state index in [9.17, 15) is 10.1 Å². The van der Waals surface area contributed by atoms with Crippen LogP contribution in [-0.4, -0.2) is 17.1 Å². The number of nitrogens with one attached hydrogen (secondary N) is 1. The third-order valence-electron chi connectivity index (χ3n) is 6.49. The van der Waals surface area contributed by atoms with Crippen molar-refractivity contribution >= 4 is 17.7 Å². The van der Waals surface area contributed by atoms with Crippen molar-refractivity contribution in [3.63, 3.8) is 0 Å². The van der Waals surface area contributed by atoms with E-state index >= 15 is 0 Å². The lowest BCUT2D eigenvalue weighted by Gasteiger charge is -2.16. The average Bonchev–Trinajstić information content (AvgIpc) is 3.36. The predicted molar refractivity (Wildman–Crippen MR) is 161 cm³/mol. The molecule has 1 aromatic heterocycles. The molecule has 1 N–H and O–H groups in total. The lowest BCUT2D eigenvalue weighted by atomic mass is 10.0. The number of rotatable bonds is 8. The van der Waals surface area contributed by atoms with Crippen LogP contribution in [0.5, 0.6) is 5.75 Å². The fourth-order valence-electron chi connectivity index (χ4n) is 4.70. The van der Waals surface area contributed by atoms with Gasteiger partial charge in [-0.2, -0.15) is 5.26 Å². The van der Waals surface area contributed by atoms with E-state index in [4.69, 9.17) is 4.74 Å². The normalized spacial score (nSPS) is 11.1. The first-order valence-electron chi connectivity index (χ1n) is 13.2. The molecule has 0 saturated carbocycles. The number of nitriles is 1. The number of hydrogen-bond acceptors (Lipinski definition) is 3.